The summed E-state index contributed by atoms with van der Waals surface area (Å²) in [7, 11) is 0. The van der Waals surface area contributed by atoms with E-state index in [9.17, 15) is 0 Å². The average molecular weight is 191 g/mol. The van der Waals surface area contributed by atoms with Gasteiger partial charge in [-0.25, -0.2) is 0 Å². The highest BCUT2D eigenvalue weighted by Crippen LogP contribution is 2.39. The first kappa shape index (κ1) is 8.85. The van der Waals surface area contributed by atoms with Gasteiger partial charge in [-0.1, -0.05) is 30.3 Å². The summed E-state index contributed by atoms with van der Waals surface area (Å²) in [6.07, 6.45) is 3.37. The van der Waals surface area contributed by atoms with Gasteiger partial charge in [-0.3, -0.25) is 0 Å². The summed E-state index contributed by atoms with van der Waals surface area (Å²) in [6.45, 7) is 0.646. The van der Waals surface area contributed by atoms with Crippen molar-refractivity contribution in [2.75, 3.05) is 0 Å². The van der Waals surface area contributed by atoms with Crippen LogP contribution in [0.15, 0.2) is 35.7 Å². The van der Waals surface area contributed by atoms with Gasteiger partial charge in [-0.15, -0.1) is 11.8 Å². The average Bonchev–Trinajstić information content (AvgIpc) is 2.70. The second-order valence-corrected chi connectivity index (χ2v) is 4.25. The zero-order valence-corrected chi connectivity index (χ0v) is 8.26. The SMILES string of the molecule is NCc1ccccc1C1CC=CS1. The zero-order chi connectivity index (χ0) is 9.10. The van der Waals surface area contributed by atoms with Crippen LogP contribution in [-0.4, -0.2) is 0 Å². The van der Waals surface area contributed by atoms with Crippen molar-refractivity contribution < 1.29 is 0 Å². The number of benzene rings is 1. The Hall–Kier alpha value is -0.730. The third kappa shape index (κ3) is 1.79. The fourth-order valence-corrected chi connectivity index (χ4v) is 2.63. The summed E-state index contributed by atoms with van der Waals surface area (Å²) in [6, 6.07) is 8.45. The molecule has 1 nitrogen and oxygen atoms in total. The third-order valence-corrected chi connectivity index (χ3v) is 3.44. The van der Waals surface area contributed by atoms with E-state index in [-0.39, 0.29) is 0 Å². The normalized spacial score (nSPS) is 20.8. The Labute approximate surface area is 83.0 Å². The fourth-order valence-electron chi connectivity index (χ4n) is 1.62. The number of thioether (sulfide) groups is 1. The van der Waals surface area contributed by atoms with Crippen LogP contribution in [0.1, 0.15) is 22.8 Å². The minimum Gasteiger partial charge on any atom is -0.326 e. The molecule has 1 unspecified atom stereocenters. The van der Waals surface area contributed by atoms with Crippen molar-refractivity contribution in [1.82, 2.24) is 0 Å². The van der Waals surface area contributed by atoms with Crippen LogP contribution >= 0.6 is 11.8 Å². The highest BCUT2D eigenvalue weighted by molar-refractivity contribution is 8.02. The molecular formula is C11H13NS. The molecule has 1 aliphatic rings. The Morgan fingerprint density at radius 3 is 2.92 bits per heavy atom. The predicted molar refractivity (Wildman–Crippen MR) is 58.4 cm³/mol. The summed E-state index contributed by atoms with van der Waals surface area (Å²) in [5, 5.41) is 2.78. The van der Waals surface area contributed by atoms with Crippen LogP contribution < -0.4 is 5.73 Å². The quantitative estimate of drug-likeness (QED) is 0.778. The van der Waals surface area contributed by atoms with E-state index in [1.807, 2.05) is 11.8 Å². The Morgan fingerprint density at radius 1 is 1.38 bits per heavy atom. The molecule has 0 bridgehead atoms. The lowest BCUT2D eigenvalue weighted by Crippen LogP contribution is -2.02. The van der Waals surface area contributed by atoms with Crippen LogP contribution in [0.25, 0.3) is 0 Å². The monoisotopic (exact) mass is 191 g/mol. The van der Waals surface area contributed by atoms with Gasteiger partial charge in [-0.05, 0) is 23.0 Å². The molecule has 68 valence electrons. The fraction of sp³-hybridized carbons (Fsp3) is 0.273. The number of hydrogen-bond donors (Lipinski definition) is 1. The molecule has 1 heterocycles. The summed E-state index contributed by atoms with van der Waals surface area (Å²) < 4.78 is 0. The minimum absolute atomic E-state index is 0.597. The third-order valence-electron chi connectivity index (χ3n) is 2.31. The summed E-state index contributed by atoms with van der Waals surface area (Å²) in [5.74, 6) is 0. The van der Waals surface area contributed by atoms with Crippen molar-refractivity contribution in [1.29, 1.82) is 0 Å². The molecule has 0 saturated heterocycles. The molecule has 0 spiro atoms. The maximum Gasteiger partial charge on any atom is 0.0376 e. The Kier molecular flexibility index (Phi) is 2.71. The molecule has 0 aromatic heterocycles. The molecule has 0 radical (unpaired) electrons. The van der Waals surface area contributed by atoms with Crippen LogP contribution in [-0.2, 0) is 6.54 Å². The molecule has 1 aromatic rings. The van der Waals surface area contributed by atoms with Gasteiger partial charge in [-0.2, -0.15) is 0 Å². The Morgan fingerprint density at radius 2 is 2.23 bits per heavy atom. The summed E-state index contributed by atoms with van der Waals surface area (Å²) >= 11 is 1.89. The number of rotatable bonds is 2. The van der Waals surface area contributed by atoms with Gasteiger partial charge < -0.3 is 5.73 Å². The van der Waals surface area contributed by atoms with Crippen LogP contribution in [0.5, 0.6) is 0 Å². The van der Waals surface area contributed by atoms with Gasteiger partial charge in [0.2, 0.25) is 0 Å². The first-order chi connectivity index (χ1) is 6.42. The van der Waals surface area contributed by atoms with Gasteiger partial charge in [0.05, 0.1) is 0 Å². The topological polar surface area (TPSA) is 26.0 Å². The largest absolute Gasteiger partial charge is 0.326 e. The van der Waals surface area contributed by atoms with E-state index in [4.69, 9.17) is 5.73 Å². The van der Waals surface area contributed by atoms with Crippen molar-refractivity contribution in [2.45, 2.75) is 18.2 Å². The highest BCUT2D eigenvalue weighted by atomic mass is 32.2. The molecule has 2 N–H and O–H groups in total. The van der Waals surface area contributed by atoms with Crippen molar-refractivity contribution in [3.8, 4) is 0 Å². The minimum atomic E-state index is 0.597. The van der Waals surface area contributed by atoms with E-state index in [0.717, 1.165) is 6.42 Å². The van der Waals surface area contributed by atoms with E-state index in [1.54, 1.807) is 0 Å². The second-order valence-electron chi connectivity index (χ2n) is 3.14. The van der Waals surface area contributed by atoms with E-state index in [0.29, 0.717) is 11.8 Å². The number of hydrogen-bond acceptors (Lipinski definition) is 2. The van der Waals surface area contributed by atoms with Crippen molar-refractivity contribution >= 4 is 11.8 Å². The van der Waals surface area contributed by atoms with Crippen molar-refractivity contribution in [3.05, 3.63) is 46.9 Å². The van der Waals surface area contributed by atoms with Crippen LogP contribution in [0, 0.1) is 0 Å². The van der Waals surface area contributed by atoms with Gasteiger partial charge in [0.25, 0.3) is 0 Å². The molecule has 0 saturated carbocycles. The van der Waals surface area contributed by atoms with E-state index >= 15 is 0 Å². The molecule has 2 heteroatoms. The van der Waals surface area contributed by atoms with Crippen molar-refractivity contribution in [3.63, 3.8) is 0 Å². The Balaban J connectivity index is 2.27. The number of nitrogens with two attached hydrogens (primary N) is 1. The summed E-state index contributed by atoms with van der Waals surface area (Å²) in [4.78, 5) is 0. The van der Waals surface area contributed by atoms with Gasteiger partial charge in [0.15, 0.2) is 0 Å². The lowest BCUT2D eigenvalue weighted by molar-refractivity contribution is 0.938. The Bertz CT molecular complexity index is 312. The molecule has 1 atom stereocenters. The molecule has 2 rings (SSSR count). The van der Waals surface area contributed by atoms with E-state index < -0.39 is 0 Å². The standard InChI is InChI=1S/C11H13NS/c12-8-9-4-1-2-5-10(9)11-6-3-7-13-11/h1-5,7,11H,6,8,12H2. The van der Waals surface area contributed by atoms with Gasteiger partial charge in [0, 0.05) is 11.8 Å². The maximum atomic E-state index is 5.69. The zero-order valence-electron chi connectivity index (χ0n) is 7.44. The van der Waals surface area contributed by atoms with Crippen LogP contribution in [0.2, 0.25) is 0 Å². The first-order valence-electron chi connectivity index (χ1n) is 4.50. The van der Waals surface area contributed by atoms with Crippen LogP contribution in [0.3, 0.4) is 0 Å². The molecule has 0 amide bonds. The lowest BCUT2D eigenvalue weighted by Gasteiger charge is -2.13. The smallest absolute Gasteiger partial charge is 0.0376 e. The lowest BCUT2D eigenvalue weighted by atomic mass is 10.0. The number of allylic oxidation sites excluding steroid dienone is 1. The van der Waals surface area contributed by atoms with Crippen molar-refractivity contribution in [2.24, 2.45) is 5.73 Å². The molecule has 0 aliphatic carbocycles. The highest BCUT2D eigenvalue weighted by Gasteiger charge is 2.15. The van der Waals surface area contributed by atoms with Gasteiger partial charge in [0.1, 0.15) is 0 Å². The van der Waals surface area contributed by atoms with Crippen LogP contribution in [0.4, 0.5) is 0 Å². The molecule has 1 aromatic carbocycles. The molecular weight excluding hydrogens is 178 g/mol. The van der Waals surface area contributed by atoms with E-state index in [1.165, 1.54) is 11.1 Å². The van der Waals surface area contributed by atoms with E-state index in [2.05, 4.69) is 35.7 Å². The van der Waals surface area contributed by atoms with Gasteiger partial charge >= 0.3 is 0 Å². The first-order valence-corrected chi connectivity index (χ1v) is 5.44. The molecule has 13 heavy (non-hydrogen) atoms. The molecule has 0 fully saturated rings. The summed E-state index contributed by atoms with van der Waals surface area (Å²) in [5.41, 5.74) is 8.37. The molecule has 1 aliphatic heterocycles. The predicted octanol–water partition coefficient (Wildman–Crippen LogP) is 2.84. The maximum absolute atomic E-state index is 5.69. The second kappa shape index (κ2) is 3.99.